The summed E-state index contributed by atoms with van der Waals surface area (Å²) in [5.41, 5.74) is 0.574. The van der Waals surface area contributed by atoms with Crippen molar-refractivity contribution in [3.05, 3.63) is 29.8 Å². The third kappa shape index (κ3) is 5.26. The van der Waals surface area contributed by atoms with Crippen LogP contribution in [0.5, 0.6) is 5.75 Å². The van der Waals surface area contributed by atoms with E-state index in [9.17, 15) is 0 Å². The zero-order valence-electron chi connectivity index (χ0n) is 10.9. The number of para-hydroxylation sites is 1. The molecule has 5 heteroatoms. The van der Waals surface area contributed by atoms with E-state index in [1.807, 2.05) is 12.1 Å². The number of rotatable bonds is 5. The zero-order valence-corrected chi connectivity index (χ0v) is 10.9. The lowest BCUT2D eigenvalue weighted by Crippen LogP contribution is -2.06. The molecule has 0 N–H and O–H groups in total. The lowest BCUT2D eigenvalue weighted by Gasteiger charge is -1.98. The highest BCUT2D eigenvalue weighted by Crippen LogP contribution is 2.14. The van der Waals surface area contributed by atoms with Crippen LogP contribution >= 0.6 is 0 Å². The fourth-order valence-electron chi connectivity index (χ4n) is 1.40. The summed E-state index contributed by atoms with van der Waals surface area (Å²) in [7, 11) is 1.55. The van der Waals surface area contributed by atoms with Crippen LogP contribution in [0.15, 0.2) is 24.3 Å². The van der Waals surface area contributed by atoms with E-state index in [1.165, 1.54) is 0 Å². The summed E-state index contributed by atoms with van der Waals surface area (Å²) in [6, 6.07) is 9.14. The van der Waals surface area contributed by atoms with Gasteiger partial charge in [-0.3, -0.25) is 0 Å². The highest BCUT2D eigenvalue weighted by molar-refractivity contribution is 5.42. The molecule has 0 aliphatic carbocycles. The van der Waals surface area contributed by atoms with Gasteiger partial charge in [-0.15, -0.1) is 0 Å². The minimum atomic E-state index is 0.392. The third-order valence-electron chi connectivity index (χ3n) is 2.64. The molecule has 102 valence electrons. The van der Waals surface area contributed by atoms with Crippen LogP contribution in [0.3, 0.4) is 0 Å². The Labute approximate surface area is 112 Å². The summed E-state index contributed by atoms with van der Waals surface area (Å²) < 4.78 is 20.0. The Kier molecular flexibility index (Phi) is 5.16. The van der Waals surface area contributed by atoms with Gasteiger partial charge in [0.15, 0.2) is 0 Å². The number of hydrogen-bond acceptors (Lipinski definition) is 5. The molecule has 2 atom stereocenters. The van der Waals surface area contributed by atoms with E-state index in [1.54, 1.807) is 25.3 Å². The molecular weight excluding hydrogens is 246 g/mol. The molecule has 2 aliphatic heterocycles. The average Bonchev–Trinajstić information content (AvgIpc) is 3.34. The van der Waals surface area contributed by atoms with Crippen LogP contribution in [0.2, 0.25) is 0 Å². The second kappa shape index (κ2) is 7.10. The van der Waals surface area contributed by atoms with Gasteiger partial charge in [-0.05, 0) is 12.1 Å². The van der Waals surface area contributed by atoms with Crippen molar-refractivity contribution in [2.24, 2.45) is 0 Å². The van der Waals surface area contributed by atoms with Crippen molar-refractivity contribution in [3.8, 4) is 11.8 Å². The summed E-state index contributed by atoms with van der Waals surface area (Å²) in [5.74, 6) is 0.630. The molecule has 0 radical (unpaired) electrons. The van der Waals surface area contributed by atoms with Crippen LogP contribution in [0, 0.1) is 11.3 Å². The fourth-order valence-corrected chi connectivity index (χ4v) is 1.40. The van der Waals surface area contributed by atoms with E-state index in [-0.39, 0.29) is 0 Å². The number of nitrogens with zero attached hydrogens (tertiary/aromatic N) is 1. The van der Waals surface area contributed by atoms with Gasteiger partial charge >= 0.3 is 0 Å². The SMILES string of the molecule is C(OCC1CO1)C1CO1.COc1ccccc1C#N. The Bertz CT molecular complexity index is 423. The molecule has 0 saturated carbocycles. The van der Waals surface area contributed by atoms with Crippen LogP contribution < -0.4 is 4.74 Å². The number of epoxide rings is 2. The molecule has 1 aromatic rings. The second-order valence-electron chi connectivity index (χ2n) is 4.26. The minimum absolute atomic E-state index is 0.392. The summed E-state index contributed by atoms with van der Waals surface area (Å²) in [6.07, 6.45) is 0.785. The molecular formula is C14H17NO4. The van der Waals surface area contributed by atoms with Crippen molar-refractivity contribution in [1.82, 2.24) is 0 Å². The van der Waals surface area contributed by atoms with E-state index in [2.05, 4.69) is 0 Å². The normalized spacial score (nSPS) is 22.7. The molecule has 2 fully saturated rings. The van der Waals surface area contributed by atoms with Gasteiger partial charge in [-0.2, -0.15) is 5.26 Å². The minimum Gasteiger partial charge on any atom is -0.495 e. The monoisotopic (exact) mass is 263 g/mol. The van der Waals surface area contributed by atoms with Gasteiger partial charge in [0.25, 0.3) is 0 Å². The van der Waals surface area contributed by atoms with Crippen molar-refractivity contribution < 1.29 is 18.9 Å². The van der Waals surface area contributed by atoms with E-state index in [0.717, 1.165) is 26.4 Å². The van der Waals surface area contributed by atoms with Crippen molar-refractivity contribution in [2.75, 3.05) is 33.5 Å². The second-order valence-corrected chi connectivity index (χ2v) is 4.26. The highest BCUT2D eigenvalue weighted by atomic mass is 16.6. The average molecular weight is 263 g/mol. The summed E-state index contributed by atoms with van der Waals surface area (Å²) in [6.45, 7) is 3.26. The zero-order chi connectivity index (χ0) is 13.5. The predicted molar refractivity (Wildman–Crippen MR) is 68.0 cm³/mol. The molecule has 3 rings (SSSR count). The molecule has 2 unspecified atom stereocenters. The van der Waals surface area contributed by atoms with Gasteiger partial charge in [0.2, 0.25) is 0 Å². The maximum Gasteiger partial charge on any atom is 0.136 e. The Morgan fingerprint density at radius 1 is 1.21 bits per heavy atom. The van der Waals surface area contributed by atoms with Crippen LogP contribution in [-0.2, 0) is 14.2 Å². The summed E-state index contributed by atoms with van der Waals surface area (Å²) in [5, 5.41) is 8.52. The van der Waals surface area contributed by atoms with Gasteiger partial charge in [0, 0.05) is 0 Å². The third-order valence-corrected chi connectivity index (χ3v) is 2.64. The lowest BCUT2D eigenvalue weighted by molar-refractivity contribution is 0.102. The van der Waals surface area contributed by atoms with Gasteiger partial charge in [-0.1, -0.05) is 12.1 Å². The Hall–Kier alpha value is -1.61. The standard InChI is InChI=1S/C8H7NO.C6H10O3/c1-10-8-5-3-2-4-7(8)6-9;1(5-3-8-5)7-2-6-4-9-6/h2-5H,1H3;5-6H,1-4H2. The van der Waals surface area contributed by atoms with Crippen molar-refractivity contribution in [2.45, 2.75) is 12.2 Å². The van der Waals surface area contributed by atoms with Crippen LogP contribution in [0.1, 0.15) is 5.56 Å². The molecule has 2 heterocycles. The highest BCUT2D eigenvalue weighted by Gasteiger charge is 2.26. The van der Waals surface area contributed by atoms with Gasteiger partial charge < -0.3 is 18.9 Å². The number of hydrogen-bond donors (Lipinski definition) is 0. The number of nitriles is 1. The predicted octanol–water partition coefficient (Wildman–Crippen LogP) is 1.37. The first-order valence-corrected chi connectivity index (χ1v) is 6.17. The quantitative estimate of drug-likeness (QED) is 0.750. The Morgan fingerprint density at radius 3 is 2.21 bits per heavy atom. The molecule has 2 saturated heterocycles. The molecule has 19 heavy (non-hydrogen) atoms. The van der Waals surface area contributed by atoms with E-state index >= 15 is 0 Å². The molecule has 0 bridgehead atoms. The Morgan fingerprint density at radius 2 is 1.79 bits per heavy atom. The van der Waals surface area contributed by atoms with E-state index < -0.39 is 0 Å². The van der Waals surface area contributed by atoms with Crippen molar-refractivity contribution in [3.63, 3.8) is 0 Å². The lowest BCUT2D eigenvalue weighted by atomic mass is 10.2. The van der Waals surface area contributed by atoms with Crippen LogP contribution in [-0.4, -0.2) is 45.7 Å². The topological polar surface area (TPSA) is 67.3 Å². The number of methoxy groups -OCH3 is 1. The summed E-state index contributed by atoms with van der Waals surface area (Å²) in [4.78, 5) is 0. The molecule has 5 nitrogen and oxygen atoms in total. The molecule has 0 amide bonds. The number of benzene rings is 1. The van der Waals surface area contributed by atoms with Gasteiger partial charge in [-0.25, -0.2) is 0 Å². The Balaban J connectivity index is 0.000000141. The largest absolute Gasteiger partial charge is 0.495 e. The van der Waals surface area contributed by atoms with Gasteiger partial charge in [0.1, 0.15) is 24.0 Å². The van der Waals surface area contributed by atoms with E-state index in [0.29, 0.717) is 23.5 Å². The first kappa shape index (κ1) is 13.8. The smallest absolute Gasteiger partial charge is 0.136 e. The maximum absolute atomic E-state index is 8.52. The van der Waals surface area contributed by atoms with Crippen LogP contribution in [0.4, 0.5) is 0 Å². The first-order valence-electron chi connectivity index (χ1n) is 6.17. The van der Waals surface area contributed by atoms with Crippen molar-refractivity contribution >= 4 is 0 Å². The molecule has 2 aliphatic rings. The fraction of sp³-hybridized carbons (Fsp3) is 0.500. The van der Waals surface area contributed by atoms with Gasteiger partial charge in [0.05, 0.1) is 39.1 Å². The first-order chi connectivity index (χ1) is 9.33. The molecule has 0 aromatic heterocycles. The summed E-state index contributed by atoms with van der Waals surface area (Å²) >= 11 is 0. The van der Waals surface area contributed by atoms with Crippen molar-refractivity contribution in [1.29, 1.82) is 5.26 Å². The number of ether oxygens (including phenoxy) is 4. The van der Waals surface area contributed by atoms with E-state index in [4.69, 9.17) is 24.2 Å². The molecule has 0 spiro atoms. The maximum atomic E-state index is 8.52. The molecule has 1 aromatic carbocycles. The van der Waals surface area contributed by atoms with Crippen LogP contribution in [0.25, 0.3) is 0 Å².